The number of fused-ring (bicyclic) bond motifs is 6. The zero-order valence-corrected chi connectivity index (χ0v) is 22.8. The average molecular weight is 503 g/mol. The van der Waals surface area contributed by atoms with Gasteiger partial charge < -0.3 is 19.3 Å². The summed E-state index contributed by atoms with van der Waals surface area (Å²) in [5.41, 5.74) is 0.0670. The Morgan fingerprint density at radius 2 is 1.53 bits per heavy atom. The molecule has 4 aliphatic carbocycles. The van der Waals surface area contributed by atoms with E-state index >= 15 is 0 Å². The van der Waals surface area contributed by atoms with Crippen LogP contribution in [0.15, 0.2) is 11.1 Å². The van der Waals surface area contributed by atoms with Gasteiger partial charge in [0.05, 0.1) is 17.3 Å². The zero-order chi connectivity index (χ0) is 26.4. The lowest BCUT2D eigenvalue weighted by Gasteiger charge is -2.70. The van der Waals surface area contributed by atoms with Gasteiger partial charge in [-0.2, -0.15) is 0 Å². The Morgan fingerprint density at radius 3 is 2.17 bits per heavy atom. The second kappa shape index (κ2) is 8.05. The first-order chi connectivity index (χ1) is 16.7. The lowest BCUT2D eigenvalue weighted by Crippen LogP contribution is -2.66. The number of carbonyl (C=O) groups is 3. The van der Waals surface area contributed by atoms with Gasteiger partial charge in [0, 0.05) is 19.3 Å². The molecule has 7 nitrogen and oxygen atoms in total. The van der Waals surface area contributed by atoms with E-state index in [0.29, 0.717) is 35.8 Å². The number of aliphatic hydroxyl groups excluding tert-OH is 1. The minimum absolute atomic E-state index is 0.0895. The van der Waals surface area contributed by atoms with E-state index < -0.39 is 41.8 Å². The fourth-order valence-corrected chi connectivity index (χ4v) is 10.1. The third kappa shape index (κ3) is 3.36. The minimum Gasteiger partial charge on any atom is -0.458 e. The Kier molecular flexibility index (Phi) is 5.76. The van der Waals surface area contributed by atoms with Gasteiger partial charge in [0.25, 0.3) is 6.29 Å². The molecule has 0 radical (unpaired) electrons. The second-order valence-corrected chi connectivity index (χ2v) is 13.6. The van der Waals surface area contributed by atoms with Crippen molar-refractivity contribution in [3.05, 3.63) is 11.1 Å². The summed E-state index contributed by atoms with van der Waals surface area (Å²) in [4.78, 5) is 37.3. The van der Waals surface area contributed by atoms with Crippen molar-refractivity contribution in [3.8, 4) is 0 Å². The van der Waals surface area contributed by atoms with Crippen LogP contribution in [0.2, 0.25) is 0 Å². The summed E-state index contributed by atoms with van der Waals surface area (Å²) >= 11 is 0. The SMILES string of the molecule is CC(=O)O[C@H]1OC(=O)C2=C1[C@@H](OC(C)=O)C[C@H]1[C@]3(C)CC[C@H]4C(C)(C)CCC[C@]4(C)[C@H]3C[C@@H](O)[C@]21C. The summed E-state index contributed by atoms with van der Waals surface area (Å²) in [5, 5.41) is 11.9. The quantitative estimate of drug-likeness (QED) is 0.547. The van der Waals surface area contributed by atoms with E-state index in [1.165, 1.54) is 26.7 Å². The number of esters is 3. The number of aliphatic hydroxyl groups is 1. The third-order valence-electron chi connectivity index (χ3n) is 11.4. The molecule has 3 saturated carbocycles. The maximum Gasteiger partial charge on any atom is 0.338 e. The van der Waals surface area contributed by atoms with Gasteiger partial charge in [0.15, 0.2) is 0 Å². The second-order valence-electron chi connectivity index (χ2n) is 13.6. The third-order valence-corrected chi connectivity index (χ3v) is 11.4. The maximum atomic E-state index is 13.4. The molecule has 0 saturated heterocycles. The molecule has 5 aliphatic rings. The Bertz CT molecular complexity index is 1030. The molecule has 1 heterocycles. The summed E-state index contributed by atoms with van der Waals surface area (Å²) in [6.07, 6.45) is 4.06. The molecule has 0 aromatic heterocycles. The van der Waals surface area contributed by atoms with Gasteiger partial charge in [-0.1, -0.05) is 41.0 Å². The van der Waals surface area contributed by atoms with Crippen LogP contribution in [0.4, 0.5) is 0 Å². The highest BCUT2D eigenvalue weighted by Gasteiger charge is 2.70. The van der Waals surface area contributed by atoms with Crippen molar-refractivity contribution >= 4 is 17.9 Å². The molecule has 0 bridgehead atoms. The summed E-state index contributed by atoms with van der Waals surface area (Å²) in [6.45, 7) is 14.2. The van der Waals surface area contributed by atoms with Crippen LogP contribution in [0.1, 0.15) is 93.4 Å². The van der Waals surface area contributed by atoms with Gasteiger partial charge in [-0.25, -0.2) is 4.79 Å². The van der Waals surface area contributed by atoms with Crippen molar-refractivity contribution < 1.29 is 33.7 Å². The summed E-state index contributed by atoms with van der Waals surface area (Å²) < 4.78 is 16.7. The van der Waals surface area contributed by atoms with Crippen molar-refractivity contribution in [2.75, 3.05) is 0 Å². The van der Waals surface area contributed by atoms with Crippen LogP contribution in [-0.4, -0.2) is 41.5 Å². The Labute approximate surface area is 214 Å². The molecule has 5 rings (SSSR count). The van der Waals surface area contributed by atoms with Crippen LogP contribution < -0.4 is 0 Å². The maximum absolute atomic E-state index is 13.4. The molecular weight excluding hydrogens is 460 g/mol. The van der Waals surface area contributed by atoms with Gasteiger partial charge in [0.1, 0.15) is 6.10 Å². The van der Waals surface area contributed by atoms with Gasteiger partial charge in [0.2, 0.25) is 0 Å². The molecule has 0 aromatic carbocycles. The van der Waals surface area contributed by atoms with Crippen molar-refractivity contribution in [2.24, 2.45) is 39.4 Å². The fourth-order valence-electron chi connectivity index (χ4n) is 10.1. The molecule has 9 atom stereocenters. The predicted molar refractivity (Wildman–Crippen MR) is 131 cm³/mol. The molecule has 3 fully saturated rings. The van der Waals surface area contributed by atoms with Crippen molar-refractivity contribution in [1.82, 2.24) is 0 Å². The predicted octanol–water partition coefficient (Wildman–Crippen LogP) is 4.70. The number of rotatable bonds is 2. The normalized spacial score (nSPS) is 47.1. The highest BCUT2D eigenvalue weighted by atomic mass is 16.7. The lowest BCUT2D eigenvalue weighted by atomic mass is 9.35. The van der Waals surface area contributed by atoms with Gasteiger partial charge >= 0.3 is 17.9 Å². The molecule has 0 spiro atoms. The van der Waals surface area contributed by atoms with Crippen molar-refractivity contribution in [1.29, 1.82) is 0 Å². The smallest absolute Gasteiger partial charge is 0.338 e. The van der Waals surface area contributed by atoms with Crippen LogP contribution in [0.5, 0.6) is 0 Å². The van der Waals surface area contributed by atoms with Crippen molar-refractivity contribution in [2.45, 2.75) is 112 Å². The first-order valence-electron chi connectivity index (χ1n) is 13.6. The molecular formula is C29H42O7. The largest absolute Gasteiger partial charge is 0.458 e. The van der Waals surface area contributed by atoms with E-state index in [2.05, 4.69) is 27.7 Å². The Morgan fingerprint density at radius 1 is 0.889 bits per heavy atom. The topological polar surface area (TPSA) is 99.1 Å². The average Bonchev–Trinajstić information content (AvgIpc) is 3.07. The minimum atomic E-state index is -1.22. The zero-order valence-electron chi connectivity index (χ0n) is 22.8. The van der Waals surface area contributed by atoms with E-state index in [4.69, 9.17) is 14.2 Å². The number of carbonyl (C=O) groups excluding carboxylic acids is 3. The van der Waals surface area contributed by atoms with Gasteiger partial charge in [-0.3, -0.25) is 9.59 Å². The number of ether oxygens (including phenoxy) is 3. The van der Waals surface area contributed by atoms with Crippen LogP contribution >= 0.6 is 0 Å². The Balaban J connectivity index is 1.64. The van der Waals surface area contributed by atoms with Crippen molar-refractivity contribution in [3.63, 3.8) is 0 Å². The molecule has 7 heteroatoms. The fraction of sp³-hybridized carbons (Fsp3) is 0.828. The number of hydrogen-bond acceptors (Lipinski definition) is 7. The number of hydrogen-bond donors (Lipinski definition) is 1. The van der Waals surface area contributed by atoms with Gasteiger partial charge in [-0.05, 0) is 72.5 Å². The van der Waals surface area contributed by atoms with Crippen LogP contribution in [0, 0.1) is 39.4 Å². The van der Waals surface area contributed by atoms with Crippen LogP contribution in [-0.2, 0) is 28.6 Å². The highest BCUT2D eigenvalue weighted by molar-refractivity contribution is 5.95. The monoisotopic (exact) mass is 502 g/mol. The molecule has 1 aliphatic heterocycles. The molecule has 200 valence electrons. The van der Waals surface area contributed by atoms with E-state index in [0.717, 1.165) is 19.3 Å². The molecule has 36 heavy (non-hydrogen) atoms. The number of cyclic esters (lactones) is 1. The van der Waals surface area contributed by atoms with E-state index in [-0.39, 0.29) is 22.2 Å². The van der Waals surface area contributed by atoms with Crippen LogP contribution in [0.25, 0.3) is 0 Å². The van der Waals surface area contributed by atoms with E-state index in [1.54, 1.807) is 0 Å². The van der Waals surface area contributed by atoms with Gasteiger partial charge in [-0.15, -0.1) is 0 Å². The molecule has 0 amide bonds. The molecule has 1 N–H and O–H groups in total. The summed E-state index contributed by atoms with van der Waals surface area (Å²) in [5.74, 6) is -0.843. The molecule has 0 aromatic rings. The molecule has 0 unspecified atom stereocenters. The standard InChI is InChI=1S/C29H42O7/c1-15(30)34-17-13-20-28(6)12-9-18-26(3,4)10-8-11-27(18,5)19(28)14-21(32)29(20,7)23-22(17)25(35-16(2)31)36-24(23)33/h17-21,25,32H,8-14H2,1-7H3/t17-,18-,19+,20-,21+,25-,27-,28+,29+/m0/s1. The first kappa shape index (κ1) is 25.7. The van der Waals surface area contributed by atoms with Crippen LogP contribution in [0.3, 0.4) is 0 Å². The first-order valence-corrected chi connectivity index (χ1v) is 13.6. The Hall–Kier alpha value is -1.89. The highest BCUT2D eigenvalue weighted by Crippen LogP contribution is 2.73. The van der Waals surface area contributed by atoms with E-state index in [9.17, 15) is 19.5 Å². The summed E-state index contributed by atoms with van der Waals surface area (Å²) in [7, 11) is 0. The summed E-state index contributed by atoms with van der Waals surface area (Å²) in [6, 6.07) is 0. The lowest BCUT2D eigenvalue weighted by molar-refractivity contribution is -0.223. The van der Waals surface area contributed by atoms with E-state index in [1.807, 2.05) is 6.92 Å².